The van der Waals surface area contributed by atoms with Crippen molar-refractivity contribution in [3.63, 3.8) is 0 Å². The van der Waals surface area contributed by atoms with Gasteiger partial charge in [0.2, 0.25) is 0 Å². The molecule has 0 heterocycles. The summed E-state index contributed by atoms with van der Waals surface area (Å²) in [5.74, 6) is 0.456. The standard InChI is InChI=1S/C21H33N3/c1-7-21(5,24(6)16-19(23)13-14-22)20(3,4)17(2)15-18-11-9-8-10-12-18/h7-12,17,19H,1,13,15-16,23H2,2-6H3. The van der Waals surface area contributed by atoms with Crippen LogP contribution in [0.5, 0.6) is 0 Å². The van der Waals surface area contributed by atoms with Crippen molar-refractivity contribution in [3.05, 3.63) is 48.6 Å². The number of nitrogens with two attached hydrogens (primary N) is 1. The number of rotatable bonds is 9. The first kappa shape index (κ1) is 20.4. The normalized spacial score (nSPS) is 16.9. The van der Waals surface area contributed by atoms with Gasteiger partial charge in [0.05, 0.1) is 12.5 Å². The fourth-order valence-corrected chi connectivity index (χ4v) is 3.36. The molecule has 2 N–H and O–H groups in total. The van der Waals surface area contributed by atoms with Crippen LogP contribution in [0.25, 0.3) is 0 Å². The molecule has 0 aliphatic rings. The lowest BCUT2D eigenvalue weighted by atomic mass is 9.63. The maximum Gasteiger partial charge on any atom is 0.0638 e. The van der Waals surface area contributed by atoms with E-state index in [2.05, 4.69) is 82.6 Å². The molecule has 0 aliphatic heterocycles. The molecule has 0 spiro atoms. The first-order valence-corrected chi connectivity index (χ1v) is 8.70. The van der Waals surface area contributed by atoms with E-state index in [1.54, 1.807) is 0 Å². The molecule has 0 bridgehead atoms. The largest absolute Gasteiger partial charge is 0.326 e. The highest BCUT2D eigenvalue weighted by Crippen LogP contribution is 2.43. The van der Waals surface area contributed by atoms with Crippen molar-refractivity contribution in [1.29, 1.82) is 5.26 Å². The van der Waals surface area contributed by atoms with Crippen LogP contribution in [0.4, 0.5) is 0 Å². The molecule has 132 valence electrons. The number of nitrogens with zero attached hydrogens (tertiary/aromatic N) is 2. The highest BCUT2D eigenvalue weighted by molar-refractivity contribution is 5.18. The summed E-state index contributed by atoms with van der Waals surface area (Å²) in [6, 6.07) is 12.6. The summed E-state index contributed by atoms with van der Waals surface area (Å²) in [5.41, 5.74) is 7.21. The molecule has 3 heteroatoms. The average molecular weight is 328 g/mol. The molecule has 0 aromatic heterocycles. The molecule has 0 fully saturated rings. The third-order valence-electron chi connectivity index (χ3n) is 5.97. The molecule has 0 aliphatic carbocycles. The quantitative estimate of drug-likeness (QED) is 0.697. The SMILES string of the molecule is C=CC(C)(N(C)CC(N)CC#N)C(C)(C)C(C)Cc1ccccc1. The van der Waals surface area contributed by atoms with Crippen molar-refractivity contribution < 1.29 is 0 Å². The fourth-order valence-electron chi connectivity index (χ4n) is 3.36. The number of benzene rings is 1. The van der Waals surface area contributed by atoms with Gasteiger partial charge in [-0.25, -0.2) is 0 Å². The summed E-state index contributed by atoms with van der Waals surface area (Å²) in [5, 5.41) is 8.85. The van der Waals surface area contributed by atoms with Crippen LogP contribution in [-0.4, -0.2) is 30.1 Å². The second-order valence-corrected chi connectivity index (χ2v) is 7.67. The summed E-state index contributed by atoms with van der Waals surface area (Å²) < 4.78 is 0. The lowest BCUT2D eigenvalue weighted by molar-refractivity contribution is 0.0134. The monoisotopic (exact) mass is 327 g/mol. The summed E-state index contributed by atoms with van der Waals surface area (Å²) in [7, 11) is 2.08. The van der Waals surface area contributed by atoms with E-state index < -0.39 is 0 Å². The van der Waals surface area contributed by atoms with Crippen molar-refractivity contribution in [3.8, 4) is 6.07 Å². The van der Waals surface area contributed by atoms with Gasteiger partial charge in [0.15, 0.2) is 0 Å². The first-order chi connectivity index (χ1) is 11.2. The molecule has 1 aromatic rings. The van der Waals surface area contributed by atoms with Crippen molar-refractivity contribution >= 4 is 0 Å². The van der Waals surface area contributed by atoms with Crippen molar-refractivity contribution in [2.45, 2.75) is 52.1 Å². The van der Waals surface area contributed by atoms with Gasteiger partial charge in [-0.15, -0.1) is 6.58 Å². The van der Waals surface area contributed by atoms with E-state index in [0.29, 0.717) is 18.9 Å². The summed E-state index contributed by atoms with van der Waals surface area (Å²) in [4.78, 5) is 2.25. The van der Waals surface area contributed by atoms with Gasteiger partial charge in [0.25, 0.3) is 0 Å². The van der Waals surface area contributed by atoms with E-state index in [0.717, 1.165) is 6.42 Å². The molecular formula is C21H33N3. The molecule has 1 aromatic carbocycles. The number of likely N-dealkylation sites (N-methyl/N-ethyl adjacent to an activating group) is 1. The minimum absolute atomic E-state index is 0.00823. The Bertz CT molecular complexity index is 558. The molecule has 0 saturated carbocycles. The highest BCUT2D eigenvalue weighted by atomic mass is 15.2. The van der Waals surface area contributed by atoms with E-state index in [1.807, 2.05) is 6.08 Å². The molecule has 1 rings (SSSR count). The van der Waals surface area contributed by atoms with Crippen molar-refractivity contribution in [1.82, 2.24) is 4.90 Å². The Hall–Kier alpha value is -1.63. The van der Waals surface area contributed by atoms with Crippen molar-refractivity contribution in [2.75, 3.05) is 13.6 Å². The van der Waals surface area contributed by atoms with Gasteiger partial charge in [-0.2, -0.15) is 5.26 Å². The average Bonchev–Trinajstić information content (AvgIpc) is 2.54. The third-order valence-corrected chi connectivity index (χ3v) is 5.97. The number of nitriles is 1. The van der Waals surface area contributed by atoms with Gasteiger partial charge in [0.1, 0.15) is 0 Å². The fraction of sp³-hybridized carbons (Fsp3) is 0.571. The van der Waals surface area contributed by atoms with Crippen LogP contribution in [0.15, 0.2) is 43.0 Å². The van der Waals surface area contributed by atoms with Crippen LogP contribution in [-0.2, 0) is 6.42 Å². The van der Waals surface area contributed by atoms with Crippen LogP contribution in [0.3, 0.4) is 0 Å². The van der Waals surface area contributed by atoms with Crippen LogP contribution in [0.1, 0.15) is 39.7 Å². The molecule has 3 nitrogen and oxygen atoms in total. The van der Waals surface area contributed by atoms with E-state index >= 15 is 0 Å². The van der Waals surface area contributed by atoms with Gasteiger partial charge in [0, 0.05) is 18.1 Å². The minimum Gasteiger partial charge on any atom is -0.326 e. The van der Waals surface area contributed by atoms with E-state index in [9.17, 15) is 0 Å². The van der Waals surface area contributed by atoms with E-state index in [-0.39, 0.29) is 17.0 Å². The molecule has 3 atom stereocenters. The Labute approximate surface area is 148 Å². The Kier molecular flexibility index (Phi) is 7.20. The van der Waals surface area contributed by atoms with E-state index in [4.69, 9.17) is 11.0 Å². The van der Waals surface area contributed by atoms with Gasteiger partial charge in [-0.1, -0.05) is 57.2 Å². The summed E-state index contributed by atoms with van der Waals surface area (Å²) in [6.07, 6.45) is 3.43. The number of hydrogen-bond acceptors (Lipinski definition) is 3. The minimum atomic E-state index is -0.214. The van der Waals surface area contributed by atoms with Crippen LogP contribution in [0, 0.1) is 22.7 Å². The Balaban J connectivity index is 2.96. The Morgan fingerprint density at radius 3 is 2.38 bits per heavy atom. The predicted octanol–water partition coefficient (Wildman–Crippen LogP) is 4.01. The zero-order valence-electron chi connectivity index (χ0n) is 15.9. The zero-order valence-corrected chi connectivity index (χ0v) is 15.9. The summed E-state index contributed by atoms with van der Waals surface area (Å²) in [6.45, 7) is 13.9. The van der Waals surface area contributed by atoms with Crippen LogP contribution < -0.4 is 5.73 Å². The molecular weight excluding hydrogens is 294 g/mol. The lowest BCUT2D eigenvalue weighted by Gasteiger charge is -2.52. The highest BCUT2D eigenvalue weighted by Gasteiger charge is 2.45. The van der Waals surface area contributed by atoms with Crippen LogP contribution >= 0.6 is 0 Å². The molecule has 3 unspecified atom stereocenters. The van der Waals surface area contributed by atoms with Gasteiger partial charge < -0.3 is 5.73 Å². The van der Waals surface area contributed by atoms with E-state index in [1.165, 1.54) is 5.56 Å². The van der Waals surface area contributed by atoms with Gasteiger partial charge in [-0.05, 0) is 37.3 Å². The number of hydrogen-bond donors (Lipinski definition) is 1. The Morgan fingerprint density at radius 1 is 1.29 bits per heavy atom. The molecule has 0 amide bonds. The molecule has 24 heavy (non-hydrogen) atoms. The Morgan fingerprint density at radius 2 is 1.88 bits per heavy atom. The van der Waals surface area contributed by atoms with Gasteiger partial charge in [-0.3, -0.25) is 4.90 Å². The van der Waals surface area contributed by atoms with Gasteiger partial charge >= 0.3 is 0 Å². The summed E-state index contributed by atoms with van der Waals surface area (Å²) >= 11 is 0. The maximum atomic E-state index is 8.85. The van der Waals surface area contributed by atoms with Crippen LogP contribution in [0.2, 0.25) is 0 Å². The van der Waals surface area contributed by atoms with Crippen molar-refractivity contribution in [2.24, 2.45) is 17.1 Å². The first-order valence-electron chi connectivity index (χ1n) is 8.70. The second-order valence-electron chi connectivity index (χ2n) is 7.67. The third kappa shape index (κ3) is 4.47. The topological polar surface area (TPSA) is 53.0 Å². The molecule has 0 radical (unpaired) electrons. The smallest absolute Gasteiger partial charge is 0.0638 e. The molecule has 0 saturated heterocycles. The lowest BCUT2D eigenvalue weighted by Crippen LogP contribution is -2.58. The predicted molar refractivity (Wildman–Crippen MR) is 103 cm³/mol. The zero-order chi connectivity index (χ0) is 18.4. The maximum absolute atomic E-state index is 8.85. The second kappa shape index (κ2) is 8.46.